The molecular weight excluding hydrogens is 290 g/mol. The van der Waals surface area contributed by atoms with Crippen LogP contribution in [0.4, 0.5) is 0 Å². The van der Waals surface area contributed by atoms with Gasteiger partial charge in [-0.3, -0.25) is 0 Å². The molecule has 3 rings (SSSR count). The first kappa shape index (κ1) is 14.9. The van der Waals surface area contributed by atoms with Crippen molar-refractivity contribution in [2.45, 2.75) is 0 Å². The minimum atomic E-state index is 0.459. The van der Waals surface area contributed by atoms with Crippen molar-refractivity contribution in [1.82, 2.24) is 0 Å². The lowest BCUT2D eigenvalue weighted by Gasteiger charge is -2.09. The Morgan fingerprint density at radius 3 is 2.17 bits per heavy atom. The van der Waals surface area contributed by atoms with Gasteiger partial charge in [0.15, 0.2) is 0 Å². The van der Waals surface area contributed by atoms with E-state index in [1.165, 1.54) is 11.6 Å². The number of benzene rings is 3. The highest BCUT2D eigenvalue weighted by atomic mass is 16.5. The topological polar surface area (TPSA) is 51.1 Å². The Hall–Kier alpha value is -3.01. The summed E-state index contributed by atoms with van der Waals surface area (Å²) in [6.45, 7) is 0.929. The van der Waals surface area contributed by atoms with Gasteiger partial charge in [-0.05, 0) is 52.7 Å². The fraction of sp³-hybridized carbons (Fsp3) is 0.105. The van der Waals surface area contributed by atoms with E-state index >= 15 is 0 Å². The van der Waals surface area contributed by atoms with Crippen LogP contribution in [-0.2, 0) is 0 Å². The van der Waals surface area contributed by atoms with E-state index in [1.54, 1.807) is 0 Å². The average molecular weight is 307 g/mol. The van der Waals surface area contributed by atoms with Gasteiger partial charge in [0, 0.05) is 0 Å². The quantitative estimate of drug-likeness (QED) is 0.323. The van der Waals surface area contributed by atoms with Crippen molar-refractivity contribution < 1.29 is 14.7 Å². The number of fused-ring (bicyclic) bond motifs is 1. The van der Waals surface area contributed by atoms with Crippen LogP contribution in [-0.4, -0.2) is 24.6 Å². The zero-order valence-corrected chi connectivity index (χ0v) is 12.6. The number of nitrogens with zero attached hydrogens (tertiary/aromatic N) is 1. The largest absolute Gasteiger partial charge is 0.490 e. The van der Waals surface area contributed by atoms with Gasteiger partial charge in [0.25, 0.3) is 0 Å². The molecule has 4 nitrogen and oxygen atoms in total. The summed E-state index contributed by atoms with van der Waals surface area (Å²) in [4.78, 5) is 0. The van der Waals surface area contributed by atoms with Crippen LogP contribution >= 0.6 is 0 Å². The van der Waals surface area contributed by atoms with Crippen LogP contribution in [0.2, 0.25) is 0 Å². The molecule has 0 heterocycles. The van der Waals surface area contributed by atoms with Crippen LogP contribution < -0.4 is 9.47 Å². The van der Waals surface area contributed by atoms with Crippen molar-refractivity contribution in [2.75, 3.05) is 13.2 Å². The molecule has 0 saturated heterocycles. The summed E-state index contributed by atoms with van der Waals surface area (Å²) in [5.41, 5.74) is 0.812. The van der Waals surface area contributed by atoms with E-state index in [0.29, 0.717) is 13.2 Å². The van der Waals surface area contributed by atoms with Crippen LogP contribution in [0, 0.1) is 0 Å². The van der Waals surface area contributed by atoms with Gasteiger partial charge >= 0.3 is 0 Å². The van der Waals surface area contributed by atoms with Crippen LogP contribution in [0.25, 0.3) is 10.8 Å². The number of rotatable bonds is 6. The number of hydrogen-bond acceptors (Lipinski definition) is 4. The van der Waals surface area contributed by atoms with Gasteiger partial charge in [0.05, 0.1) is 6.21 Å². The maximum Gasteiger partial charge on any atom is 0.122 e. The summed E-state index contributed by atoms with van der Waals surface area (Å²) < 4.78 is 11.3. The van der Waals surface area contributed by atoms with Gasteiger partial charge in [0.1, 0.15) is 24.7 Å². The molecule has 4 heteroatoms. The second-order valence-electron chi connectivity index (χ2n) is 5.02. The highest BCUT2D eigenvalue weighted by Crippen LogP contribution is 2.20. The number of ether oxygens (including phenoxy) is 2. The van der Waals surface area contributed by atoms with Gasteiger partial charge < -0.3 is 14.7 Å². The Labute approximate surface area is 134 Å². The molecule has 0 unspecified atom stereocenters. The standard InChI is InChI=1S/C19H17NO3/c21-20-14-15-5-8-18(9-6-15)22-11-12-23-19-10-7-16-3-1-2-4-17(16)13-19/h1-10,13-14,21H,11-12H2. The molecule has 0 bridgehead atoms. The summed E-state index contributed by atoms with van der Waals surface area (Å²) in [6, 6.07) is 21.5. The summed E-state index contributed by atoms with van der Waals surface area (Å²) in [6.07, 6.45) is 1.37. The van der Waals surface area contributed by atoms with Crippen LogP contribution in [0.3, 0.4) is 0 Å². The second kappa shape index (κ2) is 7.31. The van der Waals surface area contributed by atoms with Crippen molar-refractivity contribution in [3.8, 4) is 11.5 Å². The van der Waals surface area contributed by atoms with Crippen molar-refractivity contribution in [3.05, 3.63) is 72.3 Å². The highest BCUT2D eigenvalue weighted by Gasteiger charge is 1.98. The third-order valence-corrected chi connectivity index (χ3v) is 3.43. The van der Waals surface area contributed by atoms with Crippen molar-refractivity contribution in [1.29, 1.82) is 0 Å². The molecule has 116 valence electrons. The molecule has 0 amide bonds. The summed E-state index contributed by atoms with van der Waals surface area (Å²) >= 11 is 0. The molecular formula is C19H17NO3. The average Bonchev–Trinajstić information content (AvgIpc) is 2.60. The number of hydrogen-bond donors (Lipinski definition) is 1. The second-order valence-corrected chi connectivity index (χ2v) is 5.02. The van der Waals surface area contributed by atoms with E-state index in [0.717, 1.165) is 22.4 Å². The molecule has 0 radical (unpaired) electrons. The van der Waals surface area contributed by atoms with E-state index in [2.05, 4.69) is 17.3 Å². The molecule has 3 aromatic rings. The molecule has 0 fully saturated rings. The van der Waals surface area contributed by atoms with Gasteiger partial charge in [-0.25, -0.2) is 0 Å². The predicted octanol–water partition coefficient (Wildman–Crippen LogP) is 4.11. The Balaban J connectivity index is 1.50. The molecule has 0 atom stereocenters. The summed E-state index contributed by atoms with van der Waals surface area (Å²) in [7, 11) is 0. The zero-order chi connectivity index (χ0) is 15.9. The van der Waals surface area contributed by atoms with E-state index < -0.39 is 0 Å². The fourth-order valence-electron chi connectivity index (χ4n) is 2.29. The molecule has 0 aromatic heterocycles. The Morgan fingerprint density at radius 2 is 1.43 bits per heavy atom. The van der Waals surface area contributed by atoms with Crippen LogP contribution in [0.5, 0.6) is 11.5 Å². The number of oxime groups is 1. The monoisotopic (exact) mass is 307 g/mol. The van der Waals surface area contributed by atoms with Crippen LogP contribution in [0.1, 0.15) is 5.56 Å². The first-order chi connectivity index (χ1) is 11.3. The molecule has 1 N–H and O–H groups in total. The van der Waals surface area contributed by atoms with Crippen molar-refractivity contribution >= 4 is 17.0 Å². The Morgan fingerprint density at radius 1 is 0.783 bits per heavy atom. The molecule has 0 saturated carbocycles. The minimum Gasteiger partial charge on any atom is -0.490 e. The third-order valence-electron chi connectivity index (χ3n) is 3.43. The normalized spacial score (nSPS) is 11.0. The van der Waals surface area contributed by atoms with E-state index in [9.17, 15) is 0 Å². The van der Waals surface area contributed by atoms with Gasteiger partial charge in [0.2, 0.25) is 0 Å². The zero-order valence-electron chi connectivity index (χ0n) is 12.6. The molecule has 23 heavy (non-hydrogen) atoms. The predicted molar refractivity (Wildman–Crippen MR) is 90.8 cm³/mol. The van der Waals surface area contributed by atoms with E-state index in [4.69, 9.17) is 14.7 Å². The minimum absolute atomic E-state index is 0.459. The van der Waals surface area contributed by atoms with E-state index in [-0.39, 0.29) is 0 Å². The van der Waals surface area contributed by atoms with Gasteiger partial charge in [-0.2, -0.15) is 0 Å². The lowest BCUT2D eigenvalue weighted by atomic mass is 10.1. The lowest BCUT2D eigenvalue weighted by Crippen LogP contribution is -2.08. The Kier molecular flexibility index (Phi) is 4.74. The molecule has 0 aliphatic heterocycles. The third kappa shape index (κ3) is 4.01. The molecule has 0 aliphatic carbocycles. The smallest absolute Gasteiger partial charge is 0.122 e. The van der Waals surface area contributed by atoms with Crippen molar-refractivity contribution in [2.24, 2.45) is 5.16 Å². The first-order valence-corrected chi connectivity index (χ1v) is 7.37. The lowest BCUT2D eigenvalue weighted by molar-refractivity contribution is 0.217. The highest BCUT2D eigenvalue weighted by molar-refractivity contribution is 5.83. The molecule has 0 aliphatic rings. The van der Waals surface area contributed by atoms with Gasteiger partial charge in [-0.15, -0.1) is 0 Å². The molecule has 0 spiro atoms. The summed E-state index contributed by atoms with van der Waals surface area (Å²) in [5.74, 6) is 1.59. The SMILES string of the molecule is ON=Cc1ccc(OCCOc2ccc3ccccc3c2)cc1. The fourth-order valence-corrected chi connectivity index (χ4v) is 2.29. The van der Waals surface area contributed by atoms with Crippen molar-refractivity contribution in [3.63, 3.8) is 0 Å². The maximum atomic E-state index is 8.46. The Bertz CT molecular complexity index is 797. The van der Waals surface area contributed by atoms with E-state index in [1.807, 2.05) is 54.6 Å². The summed E-state index contributed by atoms with van der Waals surface area (Å²) in [5, 5.41) is 13.8. The first-order valence-electron chi connectivity index (χ1n) is 7.37. The van der Waals surface area contributed by atoms with Gasteiger partial charge in [-0.1, -0.05) is 35.5 Å². The molecule has 3 aromatic carbocycles. The van der Waals surface area contributed by atoms with Crippen LogP contribution in [0.15, 0.2) is 71.9 Å². The maximum absolute atomic E-state index is 8.46.